The third-order valence-corrected chi connectivity index (χ3v) is 4.69. The minimum Gasteiger partial charge on any atom is -0.451 e. The molecule has 4 aromatic rings. The Bertz CT molecular complexity index is 1120. The van der Waals surface area contributed by atoms with Crippen molar-refractivity contribution in [1.82, 2.24) is 39.9 Å². The van der Waals surface area contributed by atoms with Crippen LogP contribution in [0.25, 0.3) is 22.3 Å². The van der Waals surface area contributed by atoms with Crippen molar-refractivity contribution < 1.29 is 9.53 Å². The third kappa shape index (κ3) is 4.75. The van der Waals surface area contributed by atoms with Crippen LogP contribution in [0.3, 0.4) is 0 Å². The average Bonchev–Trinajstić information content (AvgIpc) is 3.15. The molecular weight excluding hydrogens is 624 g/mol. The SMILES string of the molecule is COC(=O)n1nc(I)c2ncc(Cl)nc21.Clc1cnc2c(I)[nH]nc2n1.[B]. The summed E-state index contributed by atoms with van der Waals surface area (Å²) in [6.45, 7) is 0. The summed E-state index contributed by atoms with van der Waals surface area (Å²) in [5.41, 5.74) is 2.13. The number of ether oxygens (including phenoxy) is 1. The second-order valence-corrected chi connectivity index (χ2v) is 7.32. The summed E-state index contributed by atoms with van der Waals surface area (Å²) in [7, 11) is 1.26. The van der Waals surface area contributed by atoms with Crippen LogP contribution in [0.5, 0.6) is 0 Å². The van der Waals surface area contributed by atoms with Gasteiger partial charge in [-0.25, -0.2) is 24.7 Å². The standard InChI is InChI=1S/C7H4ClIN4O2.C5H2ClIN4.B/c1-15-7(14)13-6-4(5(9)12-13)10-2-3(8)11-6;6-2-1-8-3-4(7)10-11-5(3)9-2;/h2H,1H3;1H,(H,9,10,11);. The molecule has 15 heteroatoms. The Morgan fingerprint density at radius 1 is 1.15 bits per heavy atom. The van der Waals surface area contributed by atoms with Gasteiger partial charge in [0.25, 0.3) is 0 Å². The van der Waals surface area contributed by atoms with E-state index < -0.39 is 6.09 Å². The molecule has 3 radical (unpaired) electrons. The second-order valence-electron chi connectivity index (χ2n) is 4.44. The molecule has 0 fully saturated rings. The first kappa shape index (κ1) is 22.0. The molecule has 0 atom stereocenters. The lowest BCUT2D eigenvalue weighted by Gasteiger charge is -1.97. The van der Waals surface area contributed by atoms with Gasteiger partial charge >= 0.3 is 6.09 Å². The largest absolute Gasteiger partial charge is 0.451 e. The fourth-order valence-electron chi connectivity index (χ4n) is 1.79. The van der Waals surface area contributed by atoms with E-state index in [1.807, 2.05) is 22.6 Å². The maximum absolute atomic E-state index is 11.3. The Kier molecular flexibility index (Phi) is 7.52. The molecule has 1 N–H and O–H groups in total. The van der Waals surface area contributed by atoms with Crippen molar-refractivity contribution in [3.05, 3.63) is 30.1 Å². The number of halogens is 4. The van der Waals surface area contributed by atoms with Gasteiger partial charge < -0.3 is 4.74 Å². The van der Waals surface area contributed by atoms with Gasteiger partial charge in [0.1, 0.15) is 25.0 Å². The van der Waals surface area contributed by atoms with Crippen molar-refractivity contribution in [3.63, 3.8) is 0 Å². The van der Waals surface area contributed by atoms with Crippen LogP contribution in [-0.2, 0) is 4.74 Å². The predicted octanol–water partition coefficient (Wildman–Crippen LogP) is 2.93. The highest BCUT2D eigenvalue weighted by molar-refractivity contribution is 14.1. The fourth-order valence-corrected chi connectivity index (χ4v) is 3.15. The number of carbonyl (C=O) groups is 1. The number of aromatic amines is 1. The number of fused-ring (bicyclic) bond motifs is 2. The van der Waals surface area contributed by atoms with Crippen molar-refractivity contribution in [2.75, 3.05) is 7.11 Å². The number of aromatic nitrogens is 8. The summed E-state index contributed by atoms with van der Waals surface area (Å²) >= 11 is 15.3. The van der Waals surface area contributed by atoms with E-state index in [1.54, 1.807) is 0 Å². The third-order valence-electron chi connectivity index (χ3n) is 2.85. The monoisotopic (exact) mass is 629 g/mol. The highest BCUT2D eigenvalue weighted by Gasteiger charge is 2.17. The van der Waals surface area contributed by atoms with E-state index in [9.17, 15) is 4.79 Å². The Morgan fingerprint density at radius 2 is 1.78 bits per heavy atom. The molecule has 10 nitrogen and oxygen atoms in total. The first-order valence-corrected chi connectivity index (χ1v) is 9.49. The number of carbonyl (C=O) groups excluding carboxylic acids is 1. The van der Waals surface area contributed by atoms with Crippen molar-refractivity contribution in [2.45, 2.75) is 0 Å². The fraction of sp³-hybridized carbons (Fsp3) is 0.0833. The minimum atomic E-state index is -0.625. The van der Waals surface area contributed by atoms with E-state index in [4.69, 9.17) is 23.2 Å². The highest BCUT2D eigenvalue weighted by Crippen LogP contribution is 2.18. The molecule has 27 heavy (non-hydrogen) atoms. The molecule has 4 rings (SSSR count). The van der Waals surface area contributed by atoms with Gasteiger partial charge in [-0.15, -0.1) is 4.68 Å². The van der Waals surface area contributed by atoms with E-state index in [-0.39, 0.29) is 13.6 Å². The number of hydrogen-bond donors (Lipinski definition) is 1. The first-order chi connectivity index (χ1) is 12.4. The van der Waals surface area contributed by atoms with E-state index in [1.165, 1.54) is 19.5 Å². The summed E-state index contributed by atoms with van der Waals surface area (Å²) in [6, 6.07) is 0. The van der Waals surface area contributed by atoms with Crippen molar-refractivity contribution >= 4 is 105 Å². The molecule has 0 saturated heterocycles. The molecule has 0 aliphatic rings. The number of hydrogen-bond acceptors (Lipinski definition) is 8. The van der Waals surface area contributed by atoms with Gasteiger partial charge in [-0.05, 0) is 45.2 Å². The van der Waals surface area contributed by atoms with Crippen LogP contribution in [0.1, 0.15) is 0 Å². The summed E-state index contributed by atoms with van der Waals surface area (Å²) in [4.78, 5) is 27.3. The number of nitrogens with one attached hydrogen (secondary N) is 1. The lowest BCUT2D eigenvalue weighted by molar-refractivity contribution is 0.170. The Morgan fingerprint density at radius 3 is 2.44 bits per heavy atom. The number of methoxy groups -OCH3 is 1. The molecule has 0 unspecified atom stereocenters. The normalized spacial score (nSPS) is 10.3. The van der Waals surface area contributed by atoms with E-state index >= 15 is 0 Å². The summed E-state index contributed by atoms with van der Waals surface area (Å²) < 4.78 is 7.01. The van der Waals surface area contributed by atoms with E-state index in [2.05, 4.69) is 62.6 Å². The van der Waals surface area contributed by atoms with Crippen LogP contribution in [0.4, 0.5) is 4.79 Å². The molecule has 4 aromatic heterocycles. The molecule has 0 bridgehead atoms. The van der Waals surface area contributed by atoms with Gasteiger partial charge in [-0.2, -0.15) is 10.2 Å². The average molecular weight is 630 g/mol. The Labute approximate surface area is 190 Å². The quantitative estimate of drug-likeness (QED) is 0.233. The maximum atomic E-state index is 11.3. The number of rotatable bonds is 0. The molecule has 0 amide bonds. The maximum Gasteiger partial charge on any atom is 0.436 e. The zero-order chi connectivity index (χ0) is 18.8. The number of H-pyrrole nitrogens is 1. The van der Waals surface area contributed by atoms with Crippen LogP contribution >= 0.6 is 68.4 Å². The lowest BCUT2D eigenvalue weighted by Crippen LogP contribution is -2.13. The van der Waals surface area contributed by atoms with Crippen LogP contribution in [0.15, 0.2) is 12.4 Å². The van der Waals surface area contributed by atoms with Crippen molar-refractivity contribution in [2.24, 2.45) is 0 Å². The van der Waals surface area contributed by atoms with Crippen LogP contribution in [-0.4, -0.2) is 61.5 Å². The predicted molar refractivity (Wildman–Crippen MR) is 116 cm³/mol. The van der Waals surface area contributed by atoms with Gasteiger partial charge in [0.15, 0.2) is 9.35 Å². The van der Waals surface area contributed by atoms with Crippen molar-refractivity contribution in [3.8, 4) is 0 Å². The molecule has 0 aromatic carbocycles. The zero-order valence-electron chi connectivity index (χ0n) is 13.2. The second kappa shape index (κ2) is 9.25. The highest BCUT2D eigenvalue weighted by atomic mass is 127. The Balaban J connectivity index is 0.000000194. The first-order valence-electron chi connectivity index (χ1n) is 6.58. The summed E-state index contributed by atoms with van der Waals surface area (Å²) in [5, 5.41) is 11.2. The van der Waals surface area contributed by atoms with Gasteiger partial charge in [0.05, 0.1) is 19.5 Å². The summed E-state index contributed by atoms with van der Waals surface area (Å²) in [5.74, 6) is 0. The Hall–Kier alpha value is -1.33. The molecule has 0 aliphatic carbocycles. The van der Waals surface area contributed by atoms with Crippen molar-refractivity contribution in [1.29, 1.82) is 0 Å². The number of nitrogens with zero attached hydrogens (tertiary/aromatic N) is 7. The molecule has 0 aliphatic heterocycles. The topological polar surface area (TPSA) is 124 Å². The molecule has 137 valence electrons. The van der Waals surface area contributed by atoms with Crippen LogP contribution < -0.4 is 0 Å². The molecular formula is C12H6BCl2I2N8O2. The van der Waals surface area contributed by atoms with E-state index in [0.29, 0.717) is 25.7 Å². The molecule has 0 saturated carbocycles. The van der Waals surface area contributed by atoms with Gasteiger partial charge in [-0.3, -0.25) is 5.10 Å². The van der Waals surface area contributed by atoms with Crippen LogP contribution in [0.2, 0.25) is 10.3 Å². The zero-order valence-corrected chi connectivity index (χ0v) is 19.0. The summed E-state index contributed by atoms with van der Waals surface area (Å²) in [6.07, 6.45) is 2.27. The van der Waals surface area contributed by atoms with Gasteiger partial charge in [0, 0.05) is 8.41 Å². The van der Waals surface area contributed by atoms with Gasteiger partial charge in [0.2, 0.25) is 5.65 Å². The van der Waals surface area contributed by atoms with Crippen LogP contribution in [0, 0.1) is 7.40 Å². The lowest BCUT2D eigenvalue weighted by atomic mass is 10.5. The van der Waals surface area contributed by atoms with E-state index in [0.717, 1.165) is 13.9 Å². The minimum absolute atomic E-state index is 0. The molecule has 4 heterocycles. The molecule has 0 spiro atoms. The van der Waals surface area contributed by atoms with Gasteiger partial charge in [-0.1, -0.05) is 23.2 Å². The smallest absolute Gasteiger partial charge is 0.436 e.